The Morgan fingerprint density at radius 3 is 3.12 bits per heavy atom. The summed E-state index contributed by atoms with van der Waals surface area (Å²) in [5.41, 5.74) is 8.95. The van der Waals surface area contributed by atoms with Gasteiger partial charge in [0.2, 0.25) is 0 Å². The van der Waals surface area contributed by atoms with Crippen LogP contribution in [0.5, 0.6) is 5.75 Å². The minimum Gasteiger partial charge on any atom is -0.489 e. The molecule has 1 saturated heterocycles. The zero-order valence-electron chi connectivity index (χ0n) is 9.40. The number of morpholine rings is 1. The molecule has 2 N–H and O–H groups in total. The molecule has 1 aromatic rings. The van der Waals surface area contributed by atoms with Crippen molar-refractivity contribution in [1.29, 1.82) is 0 Å². The van der Waals surface area contributed by atoms with E-state index in [1.165, 1.54) is 0 Å². The Morgan fingerprint density at radius 2 is 2.25 bits per heavy atom. The first-order chi connectivity index (χ1) is 7.75. The maximum absolute atomic E-state index is 5.89. The van der Waals surface area contributed by atoms with E-state index in [4.69, 9.17) is 15.2 Å². The first-order valence-electron chi connectivity index (χ1n) is 5.63. The van der Waals surface area contributed by atoms with Crippen LogP contribution in [0.4, 0.5) is 11.4 Å². The summed E-state index contributed by atoms with van der Waals surface area (Å²) in [7, 11) is 0. The van der Waals surface area contributed by atoms with Gasteiger partial charge >= 0.3 is 0 Å². The van der Waals surface area contributed by atoms with Crippen LogP contribution in [0.2, 0.25) is 0 Å². The molecule has 3 rings (SSSR count). The summed E-state index contributed by atoms with van der Waals surface area (Å²) in [5.74, 6) is 0.904. The van der Waals surface area contributed by atoms with E-state index in [0.29, 0.717) is 12.6 Å². The van der Waals surface area contributed by atoms with E-state index in [1.807, 2.05) is 13.0 Å². The summed E-state index contributed by atoms with van der Waals surface area (Å²) < 4.78 is 11.2. The molecule has 86 valence electrons. The van der Waals surface area contributed by atoms with Crippen LogP contribution in [0.15, 0.2) is 12.1 Å². The number of hydrogen-bond acceptors (Lipinski definition) is 4. The number of nitrogens with two attached hydrogens (primary N) is 1. The topological polar surface area (TPSA) is 47.7 Å². The lowest BCUT2D eigenvalue weighted by molar-refractivity contribution is 0.0705. The minimum absolute atomic E-state index is 0.351. The summed E-state index contributed by atoms with van der Waals surface area (Å²) in [5, 5.41) is 0. The van der Waals surface area contributed by atoms with Gasteiger partial charge in [-0.3, -0.25) is 0 Å². The second kappa shape index (κ2) is 3.56. The average Bonchev–Trinajstić information content (AvgIpc) is 2.31. The van der Waals surface area contributed by atoms with Crippen LogP contribution in [-0.2, 0) is 4.74 Å². The molecule has 0 radical (unpaired) electrons. The molecule has 0 bridgehead atoms. The Morgan fingerprint density at radius 1 is 1.38 bits per heavy atom. The van der Waals surface area contributed by atoms with Crippen molar-refractivity contribution in [3.05, 3.63) is 17.7 Å². The Kier molecular flexibility index (Phi) is 2.17. The number of aryl methyl sites for hydroxylation is 1. The van der Waals surface area contributed by atoms with Gasteiger partial charge in [-0.1, -0.05) is 0 Å². The van der Waals surface area contributed by atoms with Crippen LogP contribution in [0.1, 0.15) is 5.56 Å². The van der Waals surface area contributed by atoms with Crippen molar-refractivity contribution in [3.8, 4) is 5.75 Å². The lowest BCUT2D eigenvalue weighted by atomic mass is 10.1. The van der Waals surface area contributed by atoms with Crippen LogP contribution < -0.4 is 15.4 Å². The number of rotatable bonds is 0. The summed E-state index contributed by atoms with van der Waals surface area (Å²) in [6.45, 7) is 5.20. The fraction of sp³-hybridized carbons (Fsp3) is 0.500. The SMILES string of the molecule is Cc1cc2c(cc1N)OCC1COCCN21. The van der Waals surface area contributed by atoms with E-state index < -0.39 is 0 Å². The number of hydrogen-bond donors (Lipinski definition) is 1. The first kappa shape index (κ1) is 9.78. The van der Waals surface area contributed by atoms with Gasteiger partial charge in [0.15, 0.2) is 0 Å². The van der Waals surface area contributed by atoms with Gasteiger partial charge in [0, 0.05) is 18.3 Å². The number of anilines is 2. The fourth-order valence-corrected chi connectivity index (χ4v) is 2.32. The molecule has 4 heteroatoms. The highest BCUT2D eigenvalue weighted by molar-refractivity contribution is 5.68. The molecule has 2 aliphatic rings. The Balaban J connectivity index is 2.04. The lowest BCUT2D eigenvalue weighted by Gasteiger charge is -2.41. The van der Waals surface area contributed by atoms with Crippen molar-refractivity contribution in [2.45, 2.75) is 13.0 Å². The van der Waals surface area contributed by atoms with Crippen molar-refractivity contribution in [3.63, 3.8) is 0 Å². The fourth-order valence-electron chi connectivity index (χ4n) is 2.32. The molecular formula is C12H16N2O2. The predicted octanol–water partition coefficient (Wildman–Crippen LogP) is 1.17. The highest BCUT2D eigenvalue weighted by Crippen LogP contribution is 2.37. The molecule has 4 nitrogen and oxygen atoms in total. The smallest absolute Gasteiger partial charge is 0.144 e. The van der Waals surface area contributed by atoms with Crippen molar-refractivity contribution in [2.24, 2.45) is 0 Å². The minimum atomic E-state index is 0.351. The predicted molar refractivity (Wildman–Crippen MR) is 63.0 cm³/mol. The zero-order valence-corrected chi connectivity index (χ0v) is 9.40. The van der Waals surface area contributed by atoms with E-state index in [-0.39, 0.29) is 0 Å². The van der Waals surface area contributed by atoms with Gasteiger partial charge in [-0.15, -0.1) is 0 Å². The third-order valence-electron chi connectivity index (χ3n) is 3.32. The molecule has 2 aliphatic heterocycles. The third kappa shape index (κ3) is 1.41. The van der Waals surface area contributed by atoms with Gasteiger partial charge in [-0.25, -0.2) is 0 Å². The molecule has 1 aromatic carbocycles. The van der Waals surface area contributed by atoms with E-state index in [9.17, 15) is 0 Å². The van der Waals surface area contributed by atoms with E-state index >= 15 is 0 Å². The second-order valence-corrected chi connectivity index (χ2v) is 4.41. The number of nitrogens with zero attached hydrogens (tertiary/aromatic N) is 1. The molecule has 2 heterocycles. The second-order valence-electron chi connectivity index (χ2n) is 4.41. The zero-order chi connectivity index (χ0) is 11.1. The lowest BCUT2D eigenvalue weighted by Crippen LogP contribution is -2.51. The number of nitrogen functional groups attached to an aromatic ring is 1. The monoisotopic (exact) mass is 220 g/mol. The van der Waals surface area contributed by atoms with Crippen LogP contribution in [0, 0.1) is 6.92 Å². The summed E-state index contributed by atoms with van der Waals surface area (Å²) in [4.78, 5) is 2.37. The molecule has 0 aliphatic carbocycles. The van der Waals surface area contributed by atoms with E-state index in [2.05, 4.69) is 11.0 Å². The van der Waals surface area contributed by atoms with E-state index in [1.54, 1.807) is 0 Å². The molecule has 0 spiro atoms. The van der Waals surface area contributed by atoms with Gasteiger partial charge in [-0.2, -0.15) is 0 Å². The van der Waals surface area contributed by atoms with Crippen LogP contribution >= 0.6 is 0 Å². The maximum Gasteiger partial charge on any atom is 0.144 e. The summed E-state index contributed by atoms with van der Waals surface area (Å²) >= 11 is 0. The number of fused-ring (bicyclic) bond motifs is 3. The maximum atomic E-state index is 5.89. The third-order valence-corrected chi connectivity index (χ3v) is 3.32. The van der Waals surface area contributed by atoms with Crippen LogP contribution in [0.3, 0.4) is 0 Å². The molecule has 1 unspecified atom stereocenters. The number of ether oxygens (including phenoxy) is 2. The van der Waals surface area contributed by atoms with Crippen molar-refractivity contribution in [2.75, 3.05) is 37.0 Å². The van der Waals surface area contributed by atoms with Gasteiger partial charge in [0.25, 0.3) is 0 Å². The van der Waals surface area contributed by atoms with Crippen LogP contribution in [0.25, 0.3) is 0 Å². The van der Waals surface area contributed by atoms with Crippen molar-refractivity contribution < 1.29 is 9.47 Å². The normalized spacial score (nSPS) is 23.3. The summed E-state index contributed by atoms with van der Waals surface area (Å²) in [6, 6.07) is 4.39. The molecule has 16 heavy (non-hydrogen) atoms. The van der Waals surface area contributed by atoms with E-state index in [0.717, 1.165) is 42.4 Å². The average molecular weight is 220 g/mol. The van der Waals surface area contributed by atoms with Gasteiger partial charge < -0.3 is 20.1 Å². The van der Waals surface area contributed by atoms with Crippen molar-refractivity contribution in [1.82, 2.24) is 0 Å². The standard InChI is InChI=1S/C12H16N2O2/c1-8-4-11-12(5-10(8)13)16-7-9-6-15-3-2-14(9)11/h4-5,9H,2-3,6-7,13H2,1H3. The molecular weight excluding hydrogens is 204 g/mol. The largest absolute Gasteiger partial charge is 0.489 e. The highest BCUT2D eigenvalue weighted by atomic mass is 16.5. The van der Waals surface area contributed by atoms with Crippen molar-refractivity contribution >= 4 is 11.4 Å². The quantitative estimate of drug-likeness (QED) is 0.667. The Hall–Kier alpha value is -1.42. The first-order valence-corrected chi connectivity index (χ1v) is 5.63. The molecule has 0 saturated carbocycles. The van der Waals surface area contributed by atoms with Gasteiger partial charge in [-0.05, 0) is 18.6 Å². The molecule has 0 aromatic heterocycles. The van der Waals surface area contributed by atoms with Gasteiger partial charge in [0.1, 0.15) is 12.4 Å². The molecule has 1 atom stereocenters. The Bertz CT molecular complexity index is 420. The molecule has 1 fully saturated rings. The molecule has 0 amide bonds. The highest BCUT2D eigenvalue weighted by Gasteiger charge is 2.30. The number of benzene rings is 1. The summed E-state index contributed by atoms with van der Waals surface area (Å²) in [6.07, 6.45) is 0. The Labute approximate surface area is 94.9 Å². The van der Waals surface area contributed by atoms with Gasteiger partial charge in [0.05, 0.1) is 24.9 Å². The van der Waals surface area contributed by atoms with Crippen LogP contribution in [-0.4, -0.2) is 32.4 Å².